The minimum absolute atomic E-state index is 0. The van der Waals surface area contributed by atoms with Crippen molar-refractivity contribution in [1.82, 2.24) is 9.34 Å². The summed E-state index contributed by atoms with van der Waals surface area (Å²) in [5, 5.41) is 0. The summed E-state index contributed by atoms with van der Waals surface area (Å²) in [5.74, 6) is 0. The molecule has 1 N–H and O–H groups in total. The van der Waals surface area contributed by atoms with E-state index in [0.29, 0.717) is 0 Å². The molecule has 4 nitrogen and oxygen atoms in total. The first-order chi connectivity index (χ1) is 3.89. The topological polar surface area (TPSA) is 43.8 Å². The molecule has 10 heavy (non-hydrogen) atoms. The van der Waals surface area contributed by atoms with Gasteiger partial charge in [0.1, 0.15) is 0 Å². The Labute approximate surface area is 67.8 Å². The van der Waals surface area contributed by atoms with Gasteiger partial charge in [-0.05, 0) is 28.2 Å². The van der Waals surface area contributed by atoms with Crippen LogP contribution in [0.1, 0.15) is 0 Å². The highest BCUT2D eigenvalue weighted by Crippen LogP contribution is 2.43. The molecule has 0 spiro atoms. The third kappa shape index (κ3) is 2.99. The third-order valence-electron chi connectivity index (χ3n) is 1.04. The fourth-order valence-corrected chi connectivity index (χ4v) is 1.07. The molecule has 0 aliphatic carbocycles. The van der Waals surface area contributed by atoms with E-state index in [1.54, 1.807) is 28.2 Å². The van der Waals surface area contributed by atoms with Gasteiger partial charge in [0.2, 0.25) is 0 Å². The highest BCUT2D eigenvalue weighted by atomic mass is 35.5. The van der Waals surface area contributed by atoms with Crippen LogP contribution in [-0.2, 0) is 4.57 Å². The van der Waals surface area contributed by atoms with Crippen molar-refractivity contribution in [2.45, 2.75) is 0 Å². The van der Waals surface area contributed by atoms with Gasteiger partial charge < -0.3 is 4.89 Å². The Morgan fingerprint density at radius 2 is 1.30 bits per heavy atom. The molecule has 0 aromatic rings. The van der Waals surface area contributed by atoms with Gasteiger partial charge in [0.05, 0.1) is 0 Å². The average Bonchev–Trinajstić information content (AvgIpc) is 1.65. The molecule has 6 heteroatoms. The Balaban J connectivity index is 0. The monoisotopic (exact) mass is 188 g/mol. The second kappa shape index (κ2) is 4.31. The van der Waals surface area contributed by atoms with E-state index in [4.69, 9.17) is 4.89 Å². The third-order valence-corrected chi connectivity index (χ3v) is 3.13. The van der Waals surface area contributed by atoms with Gasteiger partial charge in [-0.1, -0.05) is 0 Å². The smallest absolute Gasteiger partial charge is 0.322 e. The van der Waals surface area contributed by atoms with E-state index < -0.39 is 7.67 Å². The molecule has 0 aliphatic heterocycles. The van der Waals surface area contributed by atoms with Crippen molar-refractivity contribution in [3.63, 3.8) is 0 Å². The lowest BCUT2D eigenvalue weighted by Gasteiger charge is -2.23. The molecular weight excluding hydrogens is 174 g/mol. The van der Waals surface area contributed by atoms with E-state index in [0.717, 1.165) is 0 Å². The van der Waals surface area contributed by atoms with Crippen LogP contribution in [0, 0.1) is 0 Å². The zero-order chi connectivity index (χ0) is 7.65. The van der Waals surface area contributed by atoms with Crippen LogP contribution >= 0.6 is 20.1 Å². The van der Waals surface area contributed by atoms with Gasteiger partial charge in [-0.3, -0.25) is 4.57 Å². The zero-order valence-electron chi connectivity index (χ0n) is 6.61. The largest absolute Gasteiger partial charge is 0.342 e. The van der Waals surface area contributed by atoms with Crippen LogP contribution in [0.2, 0.25) is 0 Å². The van der Waals surface area contributed by atoms with Crippen molar-refractivity contribution < 1.29 is 9.46 Å². The summed E-state index contributed by atoms with van der Waals surface area (Å²) in [7, 11) is 3.11. The molecule has 0 radical (unpaired) electrons. The number of hydrogen-bond donors (Lipinski definition) is 1. The highest BCUT2D eigenvalue weighted by molar-refractivity contribution is 7.52. The van der Waals surface area contributed by atoms with Crippen molar-refractivity contribution in [2.24, 2.45) is 0 Å². The van der Waals surface area contributed by atoms with Crippen LogP contribution in [0.15, 0.2) is 0 Å². The Kier molecular flexibility index (Phi) is 5.62. The Morgan fingerprint density at radius 1 is 1.10 bits per heavy atom. The molecule has 0 atom stereocenters. The van der Waals surface area contributed by atoms with Gasteiger partial charge in [-0.25, -0.2) is 9.34 Å². The van der Waals surface area contributed by atoms with E-state index in [2.05, 4.69) is 0 Å². The molecule has 0 saturated carbocycles. The molecule has 0 aromatic heterocycles. The first-order valence-electron chi connectivity index (χ1n) is 2.57. The minimum Gasteiger partial charge on any atom is -0.322 e. The molecule has 0 heterocycles. The fourth-order valence-electron chi connectivity index (χ4n) is 0.358. The van der Waals surface area contributed by atoms with Gasteiger partial charge in [0, 0.05) is 0 Å². The second-order valence-electron chi connectivity index (χ2n) is 2.21. The molecule has 0 fully saturated rings. The van der Waals surface area contributed by atoms with Crippen molar-refractivity contribution in [2.75, 3.05) is 28.2 Å². The first-order valence-corrected chi connectivity index (χ1v) is 4.14. The van der Waals surface area contributed by atoms with E-state index in [1.165, 1.54) is 9.34 Å². The maximum Gasteiger partial charge on any atom is 0.342 e. The number of hydrogen-bond acceptors (Lipinski definition) is 1. The van der Waals surface area contributed by atoms with E-state index in [1.807, 2.05) is 0 Å². The Hall–Kier alpha value is 0.400. The van der Waals surface area contributed by atoms with Crippen molar-refractivity contribution in [3.8, 4) is 0 Å². The highest BCUT2D eigenvalue weighted by Gasteiger charge is 2.23. The maximum absolute atomic E-state index is 11.0. The Bertz CT molecular complexity index is 127. The summed E-state index contributed by atoms with van der Waals surface area (Å²) in [6, 6.07) is 0. The molecule has 0 bridgehead atoms. The molecule has 0 amide bonds. The van der Waals surface area contributed by atoms with Gasteiger partial charge in [-0.15, -0.1) is 12.4 Å². The lowest BCUT2D eigenvalue weighted by molar-refractivity contribution is 0.347. The van der Waals surface area contributed by atoms with Gasteiger partial charge in [0.15, 0.2) is 0 Å². The predicted molar refractivity (Wildman–Crippen MR) is 44.4 cm³/mol. The summed E-state index contributed by atoms with van der Waals surface area (Å²) >= 11 is 0. The van der Waals surface area contributed by atoms with Crippen LogP contribution in [-0.4, -0.2) is 42.4 Å². The van der Waals surface area contributed by atoms with Crippen LogP contribution in [0.4, 0.5) is 0 Å². The quantitative estimate of drug-likeness (QED) is 0.646. The maximum atomic E-state index is 11.0. The van der Waals surface area contributed by atoms with Crippen molar-refractivity contribution >= 4 is 20.1 Å². The zero-order valence-corrected chi connectivity index (χ0v) is 8.32. The average molecular weight is 189 g/mol. The SMILES string of the molecule is CN(C)P(=O)(O)N(C)C.Cl. The second-order valence-corrected chi connectivity index (χ2v) is 4.83. The van der Waals surface area contributed by atoms with E-state index in [9.17, 15) is 4.57 Å². The summed E-state index contributed by atoms with van der Waals surface area (Å²) in [6.07, 6.45) is 0. The van der Waals surface area contributed by atoms with Crippen molar-refractivity contribution in [3.05, 3.63) is 0 Å². The number of halogens is 1. The predicted octanol–water partition coefficient (Wildman–Crippen LogP) is 0.632. The lowest BCUT2D eigenvalue weighted by atomic mass is 11.3. The molecule has 0 unspecified atom stereocenters. The number of rotatable bonds is 2. The van der Waals surface area contributed by atoms with Crippen LogP contribution in [0.5, 0.6) is 0 Å². The van der Waals surface area contributed by atoms with E-state index >= 15 is 0 Å². The molecule has 0 aliphatic rings. The number of nitrogens with zero attached hydrogens (tertiary/aromatic N) is 2. The first kappa shape index (κ1) is 13.0. The molecule has 0 aromatic carbocycles. The normalized spacial score (nSPS) is 11.9. The van der Waals surface area contributed by atoms with Gasteiger partial charge in [-0.2, -0.15) is 0 Å². The van der Waals surface area contributed by atoms with Gasteiger partial charge in [0.25, 0.3) is 0 Å². The summed E-state index contributed by atoms with van der Waals surface area (Å²) in [5.41, 5.74) is 0. The molecule has 64 valence electrons. The molecular formula is C4H14ClN2O2P. The standard InChI is InChI=1S/C4H13N2O2P.ClH/c1-5(2)9(7,8)6(3)4;/h1-4H3,(H,7,8);1H. The van der Waals surface area contributed by atoms with Gasteiger partial charge >= 0.3 is 7.67 Å². The minimum atomic E-state index is -3.17. The lowest BCUT2D eigenvalue weighted by Crippen LogP contribution is -2.19. The summed E-state index contributed by atoms with van der Waals surface area (Å²) in [6.45, 7) is 0. The van der Waals surface area contributed by atoms with Crippen molar-refractivity contribution in [1.29, 1.82) is 0 Å². The van der Waals surface area contributed by atoms with Crippen LogP contribution in [0.25, 0.3) is 0 Å². The fraction of sp³-hybridized carbons (Fsp3) is 1.00. The molecule has 0 rings (SSSR count). The van der Waals surface area contributed by atoms with E-state index in [-0.39, 0.29) is 12.4 Å². The Morgan fingerprint density at radius 3 is 1.30 bits per heavy atom. The van der Waals surface area contributed by atoms with Crippen LogP contribution in [0.3, 0.4) is 0 Å². The summed E-state index contributed by atoms with van der Waals surface area (Å²) in [4.78, 5) is 9.08. The van der Waals surface area contributed by atoms with Crippen LogP contribution < -0.4 is 0 Å². The molecule has 0 saturated heterocycles. The summed E-state index contributed by atoms with van der Waals surface area (Å²) < 4.78 is 13.6.